The molecule has 6 heteroatoms. The van der Waals surface area contributed by atoms with E-state index in [1.807, 2.05) is 13.2 Å². The molecule has 3 rings (SSSR count). The number of hydrogen-bond donors (Lipinski definition) is 1. The number of anilines is 3. The Hall–Kier alpha value is -2.63. The van der Waals surface area contributed by atoms with Crippen LogP contribution in [-0.4, -0.2) is 32.8 Å². The van der Waals surface area contributed by atoms with E-state index in [9.17, 15) is 0 Å². The number of rotatable bonds is 5. The summed E-state index contributed by atoms with van der Waals surface area (Å²) in [6.45, 7) is 10.2. The van der Waals surface area contributed by atoms with Crippen molar-refractivity contribution in [3.63, 3.8) is 0 Å². The molecule has 0 saturated carbocycles. The summed E-state index contributed by atoms with van der Waals surface area (Å²) in [4.78, 5) is 11.6. The molecular formula is C18H24N6. The van der Waals surface area contributed by atoms with Gasteiger partial charge in [0, 0.05) is 25.8 Å². The van der Waals surface area contributed by atoms with Crippen molar-refractivity contribution >= 4 is 28.5 Å². The molecule has 0 aliphatic carbocycles. The lowest BCUT2D eigenvalue weighted by molar-refractivity contribution is 0.776. The Morgan fingerprint density at radius 1 is 1.08 bits per heavy atom. The van der Waals surface area contributed by atoms with Gasteiger partial charge in [0.1, 0.15) is 5.82 Å². The molecule has 24 heavy (non-hydrogen) atoms. The summed E-state index contributed by atoms with van der Waals surface area (Å²) >= 11 is 0. The fraction of sp³-hybridized carbons (Fsp3) is 0.389. The first-order valence-corrected chi connectivity index (χ1v) is 8.32. The van der Waals surface area contributed by atoms with Gasteiger partial charge in [0.2, 0.25) is 5.95 Å². The minimum Gasteiger partial charge on any atom is -0.341 e. The van der Waals surface area contributed by atoms with Crippen molar-refractivity contribution in [2.75, 3.05) is 23.3 Å². The van der Waals surface area contributed by atoms with Gasteiger partial charge in [-0.3, -0.25) is 4.68 Å². The van der Waals surface area contributed by atoms with E-state index in [4.69, 9.17) is 4.98 Å². The fourth-order valence-electron chi connectivity index (χ4n) is 2.71. The highest BCUT2D eigenvalue weighted by Crippen LogP contribution is 2.26. The lowest BCUT2D eigenvalue weighted by Gasteiger charge is -2.19. The van der Waals surface area contributed by atoms with E-state index < -0.39 is 0 Å². The number of hydrogen-bond acceptors (Lipinski definition) is 5. The second-order valence-corrected chi connectivity index (χ2v) is 5.97. The van der Waals surface area contributed by atoms with E-state index in [1.54, 1.807) is 4.68 Å². The predicted molar refractivity (Wildman–Crippen MR) is 99.1 cm³/mol. The molecule has 2 aromatic heterocycles. The van der Waals surface area contributed by atoms with Crippen LogP contribution in [0.15, 0.2) is 24.4 Å². The van der Waals surface area contributed by atoms with Gasteiger partial charge < -0.3 is 10.2 Å². The molecular weight excluding hydrogens is 300 g/mol. The first-order valence-electron chi connectivity index (χ1n) is 8.32. The highest BCUT2D eigenvalue weighted by Gasteiger charge is 2.15. The average molecular weight is 324 g/mol. The maximum atomic E-state index is 4.75. The molecule has 6 nitrogen and oxygen atoms in total. The van der Waals surface area contributed by atoms with E-state index in [2.05, 4.69) is 66.2 Å². The summed E-state index contributed by atoms with van der Waals surface area (Å²) in [5, 5.41) is 8.70. The van der Waals surface area contributed by atoms with Crippen LogP contribution in [0.5, 0.6) is 0 Å². The lowest BCUT2D eigenvalue weighted by atomic mass is 10.1. The lowest BCUT2D eigenvalue weighted by Crippen LogP contribution is -2.24. The summed E-state index contributed by atoms with van der Waals surface area (Å²) < 4.78 is 1.79. The molecule has 0 unspecified atom stereocenters. The van der Waals surface area contributed by atoms with E-state index in [-0.39, 0.29) is 0 Å². The minimum absolute atomic E-state index is 0.724. The first-order chi connectivity index (χ1) is 11.5. The summed E-state index contributed by atoms with van der Waals surface area (Å²) in [6.07, 6.45) is 1.81. The number of nitrogens with zero attached hydrogens (tertiary/aromatic N) is 5. The molecule has 0 amide bonds. The average Bonchev–Trinajstić information content (AvgIpc) is 2.94. The van der Waals surface area contributed by atoms with Gasteiger partial charge in [0.25, 0.3) is 0 Å². The second-order valence-electron chi connectivity index (χ2n) is 5.97. The van der Waals surface area contributed by atoms with Crippen molar-refractivity contribution < 1.29 is 0 Å². The highest BCUT2D eigenvalue weighted by molar-refractivity contribution is 5.89. The Morgan fingerprint density at radius 2 is 1.83 bits per heavy atom. The Bertz CT molecular complexity index is 863. The Kier molecular flexibility index (Phi) is 4.38. The smallest absolute Gasteiger partial charge is 0.229 e. The van der Waals surface area contributed by atoms with Gasteiger partial charge in [-0.25, -0.2) is 0 Å². The molecule has 1 aromatic carbocycles. The van der Waals surface area contributed by atoms with E-state index in [0.717, 1.165) is 41.6 Å². The number of aryl methyl sites for hydroxylation is 3. The zero-order chi connectivity index (χ0) is 17.3. The van der Waals surface area contributed by atoms with Crippen LogP contribution in [0, 0.1) is 13.8 Å². The maximum Gasteiger partial charge on any atom is 0.229 e. The van der Waals surface area contributed by atoms with Gasteiger partial charge in [-0.1, -0.05) is 6.07 Å². The molecule has 0 atom stereocenters. The predicted octanol–water partition coefficient (Wildman–Crippen LogP) is 3.57. The van der Waals surface area contributed by atoms with Gasteiger partial charge in [0.05, 0.1) is 11.6 Å². The Labute approximate surface area is 142 Å². The van der Waals surface area contributed by atoms with E-state index >= 15 is 0 Å². The normalized spacial score (nSPS) is 11.0. The van der Waals surface area contributed by atoms with E-state index in [1.165, 1.54) is 11.1 Å². The van der Waals surface area contributed by atoms with Crippen molar-refractivity contribution in [2.24, 2.45) is 7.05 Å². The Morgan fingerprint density at radius 3 is 2.50 bits per heavy atom. The molecule has 3 aromatic rings. The fourth-order valence-corrected chi connectivity index (χ4v) is 2.71. The maximum absolute atomic E-state index is 4.75. The molecule has 2 heterocycles. The summed E-state index contributed by atoms with van der Waals surface area (Å²) in [7, 11) is 1.90. The van der Waals surface area contributed by atoms with Gasteiger partial charge >= 0.3 is 0 Å². The molecule has 0 radical (unpaired) electrons. The monoisotopic (exact) mass is 324 g/mol. The number of aromatic nitrogens is 4. The summed E-state index contributed by atoms with van der Waals surface area (Å²) in [6, 6.07) is 6.32. The second kappa shape index (κ2) is 6.47. The van der Waals surface area contributed by atoms with Crippen LogP contribution in [0.2, 0.25) is 0 Å². The largest absolute Gasteiger partial charge is 0.341 e. The van der Waals surface area contributed by atoms with Gasteiger partial charge in [-0.2, -0.15) is 15.1 Å². The molecule has 0 aliphatic rings. The minimum atomic E-state index is 0.724. The van der Waals surface area contributed by atoms with Crippen LogP contribution in [0.3, 0.4) is 0 Å². The SMILES string of the molecule is CCN(CC)c1nc(Nc2ccc(C)c(C)c2)c2cnn(C)c2n1. The third-order valence-corrected chi connectivity index (χ3v) is 4.40. The molecule has 0 spiro atoms. The summed E-state index contributed by atoms with van der Waals surface area (Å²) in [5.74, 6) is 1.51. The number of benzene rings is 1. The van der Waals surface area contributed by atoms with Crippen LogP contribution in [0.25, 0.3) is 11.0 Å². The van der Waals surface area contributed by atoms with E-state index in [0.29, 0.717) is 0 Å². The first kappa shape index (κ1) is 16.2. The van der Waals surface area contributed by atoms with Crippen LogP contribution >= 0.6 is 0 Å². The molecule has 1 N–H and O–H groups in total. The molecule has 0 bridgehead atoms. The molecule has 0 aliphatic heterocycles. The van der Waals surface area contributed by atoms with Crippen molar-refractivity contribution in [1.82, 2.24) is 19.7 Å². The zero-order valence-electron chi connectivity index (χ0n) is 15.0. The topological polar surface area (TPSA) is 58.9 Å². The van der Waals surface area contributed by atoms with Crippen LogP contribution in [0.4, 0.5) is 17.5 Å². The van der Waals surface area contributed by atoms with Crippen LogP contribution < -0.4 is 10.2 Å². The quantitative estimate of drug-likeness (QED) is 0.777. The highest BCUT2D eigenvalue weighted by atomic mass is 15.3. The van der Waals surface area contributed by atoms with Gasteiger partial charge in [0.15, 0.2) is 5.65 Å². The Balaban J connectivity index is 2.09. The van der Waals surface area contributed by atoms with Gasteiger partial charge in [-0.15, -0.1) is 0 Å². The molecule has 0 fully saturated rings. The van der Waals surface area contributed by atoms with Gasteiger partial charge in [-0.05, 0) is 51.0 Å². The third kappa shape index (κ3) is 2.91. The zero-order valence-corrected chi connectivity index (χ0v) is 15.0. The third-order valence-electron chi connectivity index (χ3n) is 4.40. The molecule has 0 saturated heterocycles. The van der Waals surface area contributed by atoms with Crippen LogP contribution in [-0.2, 0) is 7.05 Å². The van der Waals surface area contributed by atoms with Crippen molar-refractivity contribution in [2.45, 2.75) is 27.7 Å². The van der Waals surface area contributed by atoms with Crippen LogP contribution in [0.1, 0.15) is 25.0 Å². The standard InChI is InChI=1S/C18H24N6/c1-6-24(7-2)18-21-16(15-11-19-23(5)17(15)22-18)20-14-9-8-12(3)13(4)10-14/h8-11H,6-7H2,1-5H3,(H,20,21,22). The summed E-state index contributed by atoms with van der Waals surface area (Å²) in [5.41, 5.74) is 4.38. The number of fused-ring (bicyclic) bond motifs is 1. The van der Waals surface area contributed by atoms with Crippen molar-refractivity contribution in [3.05, 3.63) is 35.5 Å². The van der Waals surface area contributed by atoms with Crippen molar-refractivity contribution in [3.8, 4) is 0 Å². The van der Waals surface area contributed by atoms with Crippen molar-refractivity contribution in [1.29, 1.82) is 0 Å². The number of nitrogens with one attached hydrogen (secondary N) is 1. The molecule has 126 valence electrons.